The smallest absolute Gasteiger partial charge is 0.288 e. The number of hydrogen-bond donors (Lipinski definition) is 3. The van der Waals surface area contributed by atoms with Crippen molar-refractivity contribution >= 4 is 41.0 Å². The van der Waals surface area contributed by atoms with Crippen LogP contribution in [0.1, 0.15) is 53.0 Å². The van der Waals surface area contributed by atoms with Crippen LogP contribution in [-0.4, -0.2) is 60.6 Å². The third kappa shape index (κ3) is 4.73. The predicted octanol–water partition coefficient (Wildman–Crippen LogP) is 2.42. The van der Waals surface area contributed by atoms with E-state index < -0.39 is 5.91 Å². The summed E-state index contributed by atoms with van der Waals surface area (Å²) < 4.78 is 1.24. The number of H-pyrrole nitrogens is 1. The molecule has 0 aliphatic carbocycles. The zero-order chi connectivity index (χ0) is 25.4. The van der Waals surface area contributed by atoms with Gasteiger partial charge in [-0.2, -0.15) is 4.98 Å². The van der Waals surface area contributed by atoms with Crippen molar-refractivity contribution in [2.24, 2.45) is 0 Å². The Labute approximate surface area is 210 Å². The first kappa shape index (κ1) is 24.7. The summed E-state index contributed by atoms with van der Waals surface area (Å²) in [4.78, 5) is 49.2. The van der Waals surface area contributed by atoms with Crippen LogP contribution in [0.5, 0.6) is 0 Å². The SMILES string of the molecule is CNC(=O)c1nc(-n2c(NC(C)C)nc3c(c2=O)C[C@@H](C)N(C(=O)c2ccc(Cl)c(Cl)c2)C3)n[nH]1. The molecule has 0 unspecified atom stereocenters. The van der Waals surface area contributed by atoms with Crippen molar-refractivity contribution in [3.8, 4) is 5.95 Å². The van der Waals surface area contributed by atoms with E-state index >= 15 is 0 Å². The molecule has 35 heavy (non-hydrogen) atoms. The number of rotatable bonds is 5. The van der Waals surface area contributed by atoms with Crippen LogP contribution in [0, 0.1) is 0 Å². The summed E-state index contributed by atoms with van der Waals surface area (Å²) >= 11 is 12.1. The second kappa shape index (κ2) is 9.67. The summed E-state index contributed by atoms with van der Waals surface area (Å²) in [5, 5.41) is 12.8. The maximum atomic E-state index is 13.6. The molecule has 0 spiro atoms. The quantitative estimate of drug-likeness (QED) is 0.471. The molecule has 1 atom stereocenters. The second-order valence-corrected chi connectivity index (χ2v) is 9.29. The Balaban J connectivity index is 1.76. The van der Waals surface area contributed by atoms with Gasteiger partial charge in [-0.3, -0.25) is 19.5 Å². The summed E-state index contributed by atoms with van der Waals surface area (Å²) in [6.07, 6.45) is 0.281. The molecule has 11 nitrogen and oxygen atoms in total. The van der Waals surface area contributed by atoms with Gasteiger partial charge in [-0.25, -0.2) is 9.55 Å². The van der Waals surface area contributed by atoms with E-state index in [1.165, 1.54) is 17.7 Å². The van der Waals surface area contributed by atoms with Gasteiger partial charge >= 0.3 is 0 Å². The van der Waals surface area contributed by atoms with E-state index in [1.54, 1.807) is 17.0 Å². The Morgan fingerprint density at radius 2 is 1.94 bits per heavy atom. The maximum absolute atomic E-state index is 13.6. The van der Waals surface area contributed by atoms with Crippen molar-refractivity contribution < 1.29 is 9.59 Å². The summed E-state index contributed by atoms with van der Waals surface area (Å²) in [6, 6.07) is 4.36. The van der Waals surface area contributed by atoms with Crippen LogP contribution in [0.2, 0.25) is 10.0 Å². The third-order valence-corrected chi connectivity index (χ3v) is 6.31. The number of carbonyl (C=O) groups is 2. The normalized spacial score (nSPS) is 15.2. The van der Waals surface area contributed by atoms with Crippen LogP contribution in [0.4, 0.5) is 5.95 Å². The van der Waals surface area contributed by atoms with Crippen LogP contribution in [0.15, 0.2) is 23.0 Å². The lowest BCUT2D eigenvalue weighted by Gasteiger charge is -2.34. The summed E-state index contributed by atoms with van der Waals surface area (Å²) in [6.45, 7) is 5.78. The zero-order valence-electron chi connectivity index (χ0n) is 19.5. The molecule has 1 aliphatic rings. The fraction of sp³-hybridized carbons (Fsp3) is 0.364. The Hall–Kier alpha value is -3.44. The summed E-state index contributed by atoms with van der Waals surface area (Å²) in [7, 11) is 1.47. The molecule has 3 heterocycles. The van der Waals surface area contributed by atoms with E-state index in [0.717, 1.165) is 0 Å². The van der Waals surface area contributed by atoms with Crippen molar-refractivity contribution in [2.45, 2.75) is 45.8 Å². The van der Waals surface area contributed by atoms with Gasteiger partial charge in [0.25, 0.3) is 23.3 Å². The zero-order valence-corrected chi connectivity index (χ0v) is 21.0. The highest BCUT2D eigenvalue weighted by Crippen LogP contribution is 2.27. The molecule has 1 aliphatic heterocycles. The largest absolute Gasteiger partial charge is 0.353 e. The second-order valence-electron chi connectivity index (χ2n) is 8.48. The highest BCUT2D eigenvalue weighted by molar-refractivity contribution is 6.42. The standard InChI is InChI=1S/C22H24Cl2N8O3/c1-10(2)26-21-27-16-9-31(19(34)12-5-6-14(23)15(24)8-12)11(3)7-13(16)20(35)32(21)22-28-17(29-30-22)18(33)25-4/h5-6,8,10-11H,7,9H2,1-4H3,(H,25,33)(H,26,27)(H,28,29,30)/t11-/m1/s1. The number of halogens is 2. The first-order valence-corrected chi connectivity index (χ1v) is 11.7. The van der Waals surface area contributed by atoms with Crippen LogP contribution < -0.4 is 16.2 Å². The predicted molar refractivity (Wildman–Crippen MR) is 131 cm³/mol. The molecule has 0 saturated carbocycles. The highest BCUT2D eigenvalue weighted by Gasteiger charge is 2.32. The lowest BCUT2D eigenvalue weighted by Crippen LogP contribution is -2.46. The number of amides is 2. The van der Waals surface area contributed by atoms with E-state index in [1.807, 2.05) is 20.8 Å². The van der Waals surface area contributed by atoms with Crippen LogP contribution in [0.3, 0.4) is 0 Å². The molecule has 184 valence electrons. The molecule has 2 amide bonds. The van der Waals surface area contributed by atoms with Crippen molar-refractivity contribution in [3.05, 3.63) is 61.2 Å². The number of nitrogens with one attached hydrogen (secondary N) is 3. The van der Waals surface area contributed by atoms with Gasteiger partial charge < -0.3 is 15.5 Å². The molecule has 3 N–H and O–H groups in total. The topological polar surface area (TPSA) is 138 Å². The van der Waals surface area contributed by atoms with E-state index in [4.69, 9.17) is 23.2 Å². The number of nitrogens with zero attached hydrogens (tertiary/aromatic N) is 5. The highest BCUT2D eigenvalue weighted by atomic mass is 35.5. The van der Waals surface area contributed by atoms with E-state index in [2.05, 4.69) is 30.8 Å². The molecule has 2 aromatic heterocycles. The molecule has 0 saturated heterocycles. The van der Waals surface area contributed by atoms with Crippen molar-refractivity contribution in [1.82, 2.24) is 34.9 Å². The summed E-state index contributed by atoms with van der Waals surface area (Å²) in [5.41, 5.74) is 0.958. The van der Waals surface area contributed by atoms with E-state index in [9.17, 15) is 14.4 Å². The molecular formula is C22H24Cl2N8O3. The first-order valence-electron chi connectivity index (χ1n) is 10.9. The minimum absolute atomic E-state index is 0.00554. The van der Waals surface area contributed by atoms with Gasteiger partial charge in [-0.05, 0) is 45.4 Å². The molecule has 1 aromatic carbocycles. The van der Waals surface area contributed by atoms with Crippen molar-refractivity contribution in [1.29, 1.82) is 0 Å². The summed E-state index contributed by atoms with van der Waals surface area (Å²) in [5.74, 6) is -0.535. The van der Waals surface area contributed by atoms with Gasteiger partial charge in [0, 0.05) is 30.3 Å². The Morgan fingerprint density at radius 3 is 2.60 bits per heavy atom. The molecule has 0 bridgehead atoms. The number of hydrogen-bond acceptors (Lipinski definition) is 7. The van der Waals surface area contributed by atoms with Gasteiger partial charge in [0.15, 0.2) is 0 Å². The average Bonchev–Trinajstić information content (AvgIpc) is 3.29. The fourth-order valence-electron chi connectivity index (χ4n) is 3.84. The molecule has 0 radical (unpaired) electrons. The number of carbonyl (C=O) groups excluding carboxylic acids is 2. The van der Waals surface area contributed by atoms with Crippen molar-refractivity contribution in [2.75, 3.05) is 12.4 Å². The third-order valence-electron chi connectivity index (χ3n) is 5.57. The van der Waals surface area contributed by atoms with Gasteiger partial charge in [0.2, 0.25) is 11.8 Å². The minimum atomic E-state index is -0.467. The fourth-order valence-corrected chi connectivity index (χ4v) is 4.14. The minimum Gasteiger partial charge on any atom is -0.353 e. The van der Waals surface area contributed by atoms with Crippen LogP contribution in [-0.2, 0) is 13.0 Å². The molecule has 0 fully saturated rings. The molecule has 13 heteroatoms. The van der Waals surface area contributed by atoms with Gasteiger partial charge in [-0.1, -0.05) is 23.2 Å². The van der Waals surface area contributed by atoms with Crippen LogP contribution in [0.25, 0.3) is 5.95 Å². The number of fused-ring (bicyclic) bond motifs is 1. The van der Waals surface area contributed by atoms with Crippen molar-refractivity contribution in [3.63, 3.8) is 0 Å². The monoisotopic (exact) mass is 518 g/mol. The van der Waals surface area contributed by atoms with Gasteiger partial charge in [-0.15, -0.1) is 5.10 Å². The molecular weight excluding hydrogens is 495 g/mol. The Bertz CT molecular complexity index is 1370. The molecule has 4 rings (SSSR count). The average molecular weight is 519 g/mol. The first-order chi connectivity index (χ1) is 16.6. The number of benzene rings is 1. The Kier molecular flexibility index (Phi) is 6.82. The lowest BCUT2D eigenvalue weighted by molar-refractivity contribution is 0.0653. The molecule has 3 aromatic rings. The van der Waals surface area contributed by atoms with E-state index in [0.29, 0.717) is 21.8 Å². The number of aromatic nitrogens is 5. The maximum Gasteiger partial charge on any atom is 0.288 e. The van der Waals surface area contributed by atoms with Crippen LogP contribution >= 0.6 is 23.2 Å². The van der Waals surface area contributed by atoms with Gasteiger partial charge in [0.1, 0.15) is 0 Å². The van der Waals surface area contributed by atoms with E-state index in [-0.39, 0.29) is 59.3 Å². The van der Waals surface area contributed by atoms with Gasteiger partial charge in [0.05, 0.1) is 22.3 Å². The Morgan fingerprint density at radius 1 is 1.20 bits per heavy atom. The number of anilines is 1. The lowest BCUT2D eigenvalue weighted by atomic mass is 9.98. The number of aromatic amines is 1.